The van der Waals surface area contributed by atoms with Crippen LogP contribution in [0.1, 0.15) is 10.4 Å². The topological polar surface area (TPSA) is 68.3 Å². The van der Waals surface area contributed by atoms with Crippen molar-refractivity contribution < 1.29 is 14.3 Å². The lowest BCUT2D eigenvalue weighted by molar-refractivity contribution is -0.119. The van der Waals surface area contributed by atoms with Gasteiger partial charge in [-0.1, -0.05) is 22.0 Å². The minimum atomic E-state index is -0.537. The molecule has 23 heavy (non-hydrogen) atoms. The Morgan fingerprint density at radius 2 is 2.09 bits per heavy atom. The number of hydrogen-bond donors (Lipinski definition) is 1. The number of carbonyl (C=O) groups excluding carboxylic acids is 2. The molecule has 0 fully saturated rings. The van der Waals surface area contributed by atoms with Gasteiger partial charge in [0.2, 0.25) is 0 Å². The Hall–Kier alpha value is -2.25. The highest BCUT2D eigenvalue weighted by Crippen LogP contribution is 2.19. The van der Waals surface area contributed by atoms with Crippen LogP contribution in [0.4, 0.5) is 5.69 Å². The monoisotopic (exact) mass is 390 g/mol. The van der Waals surface area contributed by atoms with Crippen LogP contribution < -0.4 is 5.32 Å². The quantitative estimate of drug-likeness (QED) is 0.686. The van der Waals surface area contributed by atoms with Gasteiger partial charge in [0.25, 0.3) is 5.91 Å². The Bertz CT molecular complexity index is 878. The fourth-order valence-electron chi connectivity index (χ4n) is 1.96. The van der Waals surface area contributed by atoms with Crippen LogP contribution in [-0.2, 0) is 9.53 Å². The van der Waals surface area contributed by atoms with Crippen LogP contribution in [0.15, 0.2) is 52.4 Å². The minimum absolute atomic E-state index is 0.341. The first-order valence-electron chi connectivity index (χ1n) is 6.67. The van der Waals surface area contributed by atoms with Crippen molar-refractivity contribution in [3.63, 3.8) is 0 Å². The van der Waals surface area contributed by atoms with E-state index in [1.54, 1.807) is 41.9 Å². The zero-order chi connectivity index (χ0) is 16.2. The number of benzene rings is 2. The normalized spacial score (nSPS) is 10.5. The molecule has 1 amide bonds. The average Bonchev–Trinajstić information content (AvgIpc) is 3.00. The second-order valence-corrected chi connectivity index (χ2v) is 6.47. The third kappa shape index (κ3) is 3.94. The molecule has 2 aromatic carbocycles. The van der Waals surface area contributed by atoms with Crippen molar-refractivity contribution in [2.75, 3.05) is 11.9 Å². The van der Waals surface area contributed by atoms with Gasteiger partial charge in [-0.15, -0.1) is 11.3 Å². The molecule has 1 aromatic heterocycles. The second-order valence-electron chi connectivity index (χ2n) is 4.67. The van der Waals surface area contributed by atoms with Crippen molar-refractivity contribution in [1.82, 2.24) is 4.98 Å². The Kier molecular flexibility index (Phi) is 4.68. The first kappa shape index (κ1) is 15.6. The molecule has 0 saturated heterocycles. The van der Waals surface area contributed by atoms with Gasteiger partial charge in [0, 0.05) is 10.2 Å². The maximum absolute atomic E-state index is 12.0. The molecule has 0 radical (unpaired) electrons. The number of fused-ring (bicyclic) bond motifs is 1. The number of esters is 1. The van der Waals surface area contributed by atoms with Crippen LogP contribution in [0.3, 0.4) is 0 Å². The van der Waals surface area contributed by atoms with E-state index < -0.39 is 11.9 Å². The summed E-state index contributed by atoms with van der Waals surface area (Å²) >= 11 is 4.76. The summed E-state index contributed by atoms with van der Waals surface area (Å²) in [7, 11) is 0. The van der Waals surface area contributed by atoms with E-state index in [2.05, 4.69) is 26.2 Å². The summed E-state index contributed by atoms with van der Waals surface area (Å²) in [6.45, 7) is -0.341. The van der Waals surface area contributed by atoms with Gasteiger partial charge in [-0.3, -0.25) is 4.79 Å². The molecule has 0 saturated carbocycles. The average molecular weight is 391 g/mol. The first-order chi connectivity index (χ1) is 11.1. The molecule has 7 heteroatoms. The highest BCUT2D eigenvalue weighted by atomic mass is 79.9. The molecule has 116 valence electrons. The maximum atomic E-state index is 12.0. The Morgan fingerprint density at radius 1 is 1.22 bits per heavy atom. The van der Waals surface area contributed by atoms with Crippen molar-refractivity contribution in [2.24, 2.45) is 0 Å². The largest absolute Gasteiger partial charge is 0.452 e. The number of halogens is 1. The predicted molar refractivity (Wildman–Crippen MR) is 92.7 cm³/mol. The van der Waals surface area contributed by atoms with Gasteiger partial charge in [0.1, 0.15) is 0 Å². The molecule has 0 spiro atoms. The van der Waals surface area contributed by atoms with E-state index in [1.807, 2.05) is 6.07 Å². The molecule has 3 rings (SSSR count). The Morgan fingerprint density at radius 3 is 2.91 bits per heavy atom. The lowest BCUT2D eigenvalue weighted by atomic mass is 10.2. The second kappa shape index (κ2) is 6.89. The van der Waals surface area contributed by atoms with E-state index in [4.69, 9.17) is 4.74 Å². The standard InChI is InChI=1S/C16H11BrN2O3S/c17-11-2-1-3-12(7-11)19-15(20)8-22-16(21)10-4-5-13-14(6-10)23-9-18-13/h1-7,9H,8H2,(H,19,20). The maximum Gasteiger partial charge on any atom is 0.338 e. The lowest BCUT2D eigenvalue weighted by Crippen LogP contribution is -2.20. The van der Waals surface area contributed by atoms with Crippen LogP contribution in [0.2, 0.25) is 0 Å². The molecule has 0 aliphatic heterocycles. The van der Waals surface area contributed by atoms with Crippen molar-refractivity contribution in [3.8, 4) is 0 Å². The third-order valence-corrected chi connectivity index (χ3v) is 4.29. The van der Waals surface area contributed by atoms with Gasteiger partial charge in [-0.05, 0) is 36.4 Å². The number of carbonyl (C=O) groups is 2. The molecule has 0 aliphatic carbocycles. The highest BCUT2D eigenvalue weighted by molar-refractivity contribution is 9.10. The Balaban J connectivity index is 1.58. The van der Waals surface area contributed by atoms with Crippen LogP contribution in [0, 0.1) is 0 Å². The molecule has 0 bridgehead atoms. The number of anilines is 1. The minimum Gasteiger partial charge on any atom is -0.452 e. The summed E-state index contributed by atoms with van der Waals surface area (Å²) < 4.78 is 6.79. The molecular formula is C16H11BrN2O3S. The zero-order valence-corrected chi connectivity index (χ0v) is 14.2. The van der Waals surface area contributed by atoms with Crippen molar-refractivity contribution in [1.29, 1.82) is 0 Å². The van der Waals surface area contributed by atoms with E-state index in [0.717, 1.165) is 14.7 Å². The summed E-state index contributed by atoms with van der Waals surface area (Å²) in [5.74, 6) is -0.931. The van der Waals surface area contributed by atoms with E-state index in [1.165, 1.54) is 11.3 Å². The van der Waals surface area contributed by atoms with Gasteiger partial charge in [-0.25, -0.2) is 9.78 Å². The van der Waals surface area contributed by atoms with E-state index in [0.29, 0.717) is 11.3 Å². The van der Waals surface area contributed by atoms with E-state index >= 15 is 0 Å². The van der Waals surface area contributed by atoms with Crippen LogP contribution >= 0.6 is 27.3 Å². The number of rotatable bonds is 4. The van der Waals surface area contributed by atoms with Crippen molar-refractivity contribution >= 4 is 55.0 Å². The smallest absolute Gasteiger partial charge is 0.338 e. The van der Waals surface area contributed by atoms with E-state index in [-0.39, 0.29) is 6.61 Å². The van der Waals surface area contributed by atoms with Gasteiger partial charge in [0.15, 0.2) is 6.61 Å². The number of amides is 1. The molecule has 0 unspecified atom stereocenters. The number of thiazole rings is 1. The Labute approximate surface area is 144 Å². The van der Waals surface area contributed by atoms with Gasteiger partial charge in [0.05, 0.1) is 21.3 Å². The molecule has 0 atom stereocenters. The summed E-state index contributed by atoms with van der Waals surface area (Å²) in [6.07, 6.45) is 0. The SMILES string of the molecule is O=C(COC(=O)c1ccc2ncsc2c1)Nc1cccc(Br)c1. The van der Waals surface area contributed by atoms with E-state index in [9.17, 15) is 9.59 Å². The number of aromatic nitrogens is 1. The van der Waals surface area contributed by atoms with Crippen molar-refractivity contribution in [3.05, 3.63) is 58.0 Å². The fraction of sp³-hybridized carbons (Fsp3) is 0.0625. The lowest BCUT2D eigenvalue weighted by Gasteiger charge is -2.07. The van der Waals surface area contributed by atoms with Crippen LogP contribution in [0.5, 0.6) is 0 Å². The number of ether oxygens (including phenoxy) is 1. The summed E-state index contributed by atoms with van der Waals surface area (Å²) in [6, 6.07) is 12.3. The first-order valence-corrected chi connectivity index (χ1v) is 8.35. The third-order valence-electron chi connectivity index (χ3n) is 3.01. The van der Waals surface area contributed by atoms with Crippen LogP contribution in [0.25, 0.3) is 10.2 Å². The molecular weight excluding hydrogens is 380 g/mol. The summed E-state index contributed by atoms with van der Waals surface area (Å²) in [5.41, 5.74) is 3.58. The highest BCUT2D eigenvalue weighted by Gasteiger charge is 2.11. The number of hydrogen-bond acceptors (Lipinski definition) is 5. The fourth-order valence-corrected chi connectivity index (χ4v) is 3.08. The van der Waals surface area contributed by atoms with Gasteiger partial charge in [-0.2, -0.15) is 0 Å². The molecule has 5 nitrogen and oxygen atoms in total. The summed E-state index contributed by atoms with van der Waals surface area (Å²) in [5, 5.41) is 2.66. The molecule has 1 N–H and O–H groups in total. The zero-order valence-electron chi connectivity index (χ0n) is 11.8. The number of nitrogens with zero attached hydrogens (tertiary/aromatic N) is 1. The number of nitrogens with one attached hydrogen (secondary N) is 1. The molecule has 3 aromatic rings. The van der Waals surface area contributed by atoms with Crippen molar-refractivity contribution in [2.45, 2.75) is 0 Å². The molecule has 0 aliphatic rings. The predicted octanol–water partition coefficient (Wildman–Crippen LogP) is 3.85. The van der Waals surface area contributed by atoms with Gasteiger partial charge >= 0.3 is 5.97 Å². The molecule has 1 heterocycles. The van der Waals surface area contributed by atoms with Gasteiger partial charge < -0.3 is 10.1 Å². The summed E-state index contributed by atoms with van der Waals surface area (Å²) in [4.78, 5) is 28.0. The van der Waals surface area contributed by atoms with Crippen LogP contribution in [-0.4, -0.2) is 23.5 Å².